The van der Waals surface area contributed by atoms with Crippen molar-refractivity contribution in [3.05, 3.63) is 83.1 Å². The first-order valence-electron chi connectivity index (χ1n) is 9.19. The second kappa shape index (κ2) is 6.99. The largest absolute Gasteiger partial charge is 0.507 e. The van der Waals surface area contributed by atoms with Crippen LogP contribution in [0.3, 0.4) is 0 Å². The van der Waals surface area contributed by atoms with Crippen LogP contribution < -0.4 is 4.74 Å². The third-order valence-electron chi connectivity index (χ3n) is 5.42. The number of methoxy groups -OCH3 is 1. The highest BCUT2D eigenvalue weighted by molar-refractivity contribution is 6.26. The Balaban J connectivity index is 1.77. The van der Waals surface area contributed by atoms with E-state index in [4.69, 9.17) is 9.47 Å². The van der Waals surface area contributed by atoms with Gasteiger partial charge in [-0.1, -0.05) is 54.6 Å². The first kappa shape index (κ1) is 19.1. The van der Waals surface area contributed by atoms with Crippen molar-refractivity contribution in [2.45, 2.75) is 24.2 Å². The molecule has 0 unspecified atom stereocenters. The second-order valence-corrected chi connectivity index (χ2v) is 7.14. The Bertz CT molecular complexity index is 1040. The minimum absolute atomic E-state index is 0.0949. The second-order valence-electron chi connectivity index (χ2n) is 7.14. The Morgan fingerprint density at radius 1 is 1.07 bits per heavy atom. The highest BCUT2D eigenvalue weighted by atomic mass is 16.7. The predicted octanol–water partition coefficient (Wildman–Crippen LogP) is 2.76. The fraction of sp³-hybridized carbons (Fsp3) is 0.217. The molecule has 1 aliphatic heterocycles. The van der Waals surface area contributed by atoms with Crippen molar-refractivity contribution in [3.63, 3.8) is 0 Å². The van der Waals surface area contributed by atoms with Gasteiger partial charge in [-0.2, -0.15) is 0 Å². The van der Waals surface area contributed by atoms with Gasteiger partial charge in [-0.15, -0.1) is 0 Å². The lowest BCUT2D eigenvalue weighted by atomic mass is 9.69. The molecule has 0 bridgehead atoms. The van der Waals surface area contributed by atoms with Gasteiger partial charge in [0.25, 0.3) is 5.79 Å². The fourth-order valence-electron chi connectivity index (χ4n) is 3.85. The molecule has 1 saturated carbocycles. The minimum Gasteiger partial charge on any atom is -0.507 e. The van der Waals surface area contributed by atoms with Crippen molar-refractivity contribution in [2.75, 3.05) is 7.11 Å². The number of hydrogen-bond donors (Lipinski definition) is 2. The number of Topliss-reactive ketones (excluding diaryl/α,β-unsaturated/α-hetero) is 2. The topological polar surface area (TPSA) is 93.1 Å². The smallest absolute Gasteiger partial charge is 0.254 e. The van der Waals surface area contributed by atoms with Gasteiger partial charge in [-0.3, -0.25) is 9.59 Å². The Morgan fingerprint density at radius 3 is 2.48 bits per heavy atom. The van der Waals surface area contributed by atoms with Crippen LogP contribution in [0.2, 0.25) is 0 Å². The molecule has 0 radical (unpaired) electrons. The predicted molar refractivity (Wildman–Crippen MR) is 105 cm³/mol. The van der Waals surface area contributed by atoms with Crippen LogP contribution in [0, 0.1) is 0 Å². The summed E-state index contributed by atoms with van der Waals surface area (Å²) >= 11 is 0. The molecule has 2 aliphatic rings. The average molecular weight is 392 g/mol. The van der Waals surface area contributed by atoms with E-state index >= 15 is 0 Å². The molecule has 2 atom stereocenters. The first-order valence-corrected chi connectivity index (χ1v) is 9.19. The molecule has 0 aromatic heterocycles. The van der Waals surface area contributed by atoms with Crippen LogP contribution in [0.4, 0.5) is 0 Å². The molecule has 2 aromatic carbocycles. The zero-order valence-electron chi connectivity index (χ0n) is 15.8. The maximum absolute atomic E-state index is 13.2. The van der Waals surface area contributed by atoms with E-state index in [-0.39, 0.29) is 6.42 Å². The Morgan fingerprint density at radius 2 is 1.76 bits per heavy atom. The third-order valence-corrected chi connectivity index (χ3v) is 5.42. The first-order chi connectivity index (χ1) is 13.9. The van der Waals surface area contributed by atoms with Gasteiger partial charge in [0.05, 0.1) is 6.42 Å². The maximum Gasteiger partial charge on any atom is 0.254 e. The molecule has 2 N–H and O–H groups in total. The lowest BCUT2D eigenvalue weighted by Crippen LogP contribution is -2.70. The average Bonchev–Trinajstić information content (AvgIpc) is 2.72. The van der Waals surface area contributed by atoms with E-state index in [1.54, 1.807) is 30.3 Å². The molecule has 0 amide bonds. The number of rotatable bonds is 3. The number of para-hydroxylation sites is 1. The molecule has 0 saturated heterocycles. The molecular formula is C23H20O6. The standard InChI is InChI=1S/C23H20O6/c1-28-23-14-18(25)20(17(24)12-11-15-7-3-2-4-8-15)21(26)22(23,27)13-16-9-5-6-10-19(16)29-23/h2-12,24,27H,13-14H2,1H3/b12-11+,20-17-/t22-,23-/m1/s1. The van der Waals surface area contributed by atoms with Crippen LogP contribution in [0.15, 0.2) is 72.0 Å². The molecular weight excluding hydrogens is 372 g/mol. The van der Waals surface area contributed by atoms with E-state index in [1.165, 1.54) is 13.2 Å². The Kier molecular flexibility index (Phi) is 4.61. The Labute approximate surface area is 167 Å². The normalized spacial score (nSPS) is 27.9. The zero-order valence-corrected chi connectivity index (χ0v) is 15.8. The molecule has 29 heavy (non-hydrogen) atoms. The van der Waals surface area contributed by atoms with Crippen molar-refractivity contribution < 1.29 is 29.3 Å². The number of fused-ring (bicyclic) bond motifs is 2. The monoisotopic (exact) mass is 392 g/mol. The van der Waals surface area contributed by atoms with Gasteiger partial charge < -0.3 is 19.7 Å². The molecule has 1 aliphatic carbocycles. The van der Waals surface area contributed by atoms with E-state index in [9.17, 15) is 19.8 Å². The molecule has 2 aromatic rings. The van der Waals surface area contributed by atoms with Crippen LogP contribution >= 0.6 is 0 Å². The van der Waals surface area contributed by atoms with Gasteiger partial charge in [0.1, 0.15) is 17.1 Å². The molecule has 148 valence electrons. The van der Waals surface area contributed by atoms with Crippen LogP contribution in [-0.2, 0) is 20.7 Å². The number of aliphatic hydroxyl groups is 2. The third kappa shape index (κ3) is 2.97. The van der Waals surface area contributed by atoms with Gasteiger partial charge in [-0.05, 0) is 23.3 Å². The number of carbonyl (C=O) groups is 2. The summed E-state index contributed by atoms with van der Waals surface area (Å²) in [7, 11) is 1.28. The maximum atomic E-state index is 13.2. The van der Waals surface area contributed by atoms with Crippen molar-refractivity contribution in [3.8, 4) is 5.75 Å². The van der Waals surface area contributed by atoms with E-state index in [1.807, 2.05) is 30.3 Å². The van der Waals surface area contributed by atoms with E-state index in [0.29, 0.717) is 11.3 Å². The number of aliphatic hydroxyl groups excluding tert-OH is 1. The van der Waals surface area contributed by atoms with E-state index in [2.05, 4.69) is 0 Å². The van der Waals surface area contributed by atoms with Gasteiger partial charge in [0.15, 0.2) is 11.4 Å². The Hall–Kier alpha value is -3.22. The quantitative estimate of drug-likeness (QED) is 0.474. The van der Waals surface area contributed by atoms with E-state index < -0.39 is 40.7 Å². The summed E-state index contributed by atoms with van der Waals surface area (Å²) in [5.74, 6) is -3.47. The summed E-state index contributed by atoms with van der Waals surface area (Å²) in [4.78, 5) is 26.0. The molecule has 1 heterocycles. The van der Waals surface area contributed by atoms with Crippen LogP contribution in [0.25, 0.3) is 6.08 Å². The summed E-state index contributed by atoms with van der Waals surface area (Å²) in [5.41, 5.74) is -1.19. The number of allylic oxidation sites excluding steroid dienone is 1. The molecule has 6 nitrogen and oxygen atoms in total. The minimum atomic E-state index is -2.14. The fourth-order valence-corrected chi connectivity index (χ4v) is 3.85. The number of carbonyl (C=O) groups excluding carboxylic acids is 2. The summed E-state index contributed by atoms with van der Waals surface area (Å²) in [6.07, 6.45) is 2.36. The van der Waals surface area contributed by atoms with Crippen molar-refractivity contribution in [2.24, 2.45) is 0 Å². The van der Waals surface area contributed by atoms with Crippen molar-refractivity contribution in [1.82, 2.24) is 0 Å². The van der Waals surface area contributed by atoms with Gasteiger partial charge >= 0.3 is 0 Å². The van der Waals surface area contributed by atoms with Crippen molar-refractivity contribution >= 4 is 17.6 Å². The van der Waals surface area contributed by atoms with E-state index in [0.717, 1.165) is 5.56 Å². The lowest BCUT2D eigenvalue weighted by molar-refractivity contribution is -0.271. The number of hydrogen-bond acceptors (Lipinski definition) is 6. The van der Waals surface area contributed by atoms with Crippen LogP contribution in [-0.4, -0.2) is 40.3 Å². The summed E-state index contributed by atoms with van der Waals surface area (Å²) in [5, 5.41) is 21.8. The van der Waals surface area contributed by atoms with Gasteiger partial charge in [0, 0.05) is 13.5 Å². The van der Waals surface area contributed by atoms with Gasteiger partial charge in [-0.25, -0.2) is 0 Å². The number of ether oxygens (including phenoxy) is 2. The summed E-state index contributed by atoms with van der Waals surface area (Å²) in [6.45, 7) is 0. The highest BCUT2D eigenvalue weighted by Gasteiger charge is 2.66. The zero-order chi connectivity index (χ0) is 20.6. The molecule has 1 fully saturated rings. The van der Waals surface area contributed by atoms with Gasteiger partial charge in [0.2, 0.25) is 5.78 Å². The SMILES string of the molecule is CO[C@@]12CC(=O)/C(=C(O)\C=C\c3ccccc3)C(=O)[C@]1(O)Cc1ccccc1O2. The molecule has 6 heteroatoms. The summed E-state index contributed by atoms with van der Waals surface area (Å²) < 4.78 is 11.2. The molecule has 0 spiro atoms. The van der Waals surface area contributed by atoms with Crippen LogP contribution in [0.5, 0.6) is 5.75 Å². The van der Waals surface area contributed by atoms with Crippen LogP contribution in [0.1, 0.15) is 17.5 Å². The number of benzene rings is 2. The summed E-state index contributed by atoms with van der Waals surface area (Å²) in [6, 6.07) is 16.1. The van der Waals surface area contributed by atoms with Crippen molar-refractivity contribution in [1.29, 1.82) is 0 Å². The lowest BCUT2D eigenvalue weighted by Gasteiger charge is -2.50. The molecule has 4 rings (SSSR count). The highest BCUT2D eigenvalue weighted by Crippen LogP contribution is 2.47. The number of ketones is 2.